The van der Waals surface area contributed by atoms with Gasteiger partial charge in [0.1, 0.15) is 5.69 Å². The molecular weight excluding hydrogens is 441 g/mol. The Balaban J connectivity index is 1.92. The van der Waals surface area contributed by atoms with Crippen LogP contribution in [0.25, 0.3) is 5.69 Å². The molecule has 24 heavy (non-hydrogen) atoms. The molecular formula is C17H11ClIN3O2. The first kappa shape index (κ1) is 16.7. The molecule has 5 nitrogen and oxygen atoms in total. The summed E-state index contributed by atoms with van der Waals surface area (Å²) in [6.45, 7) is 0. The predicted octanol–water partition coefficient (Wildman–Crippen LogP) is 3.74. The number of halogens is 2. The number of hydrogen-bond acceptors (Lipinski definition) is 3. The summed E-state index contributed by atoms with van der Waals surface area (Å²) in [6, 6.07) is 16.9. The lowest BCUT2D eigenvalue weighted by molar-refractivity contribution is 0.102. The monoisotopic (exact) mass is 451 g/mol. The molecule has 120 valence electrons. The van der Waals surface area contributed by atoms with E-state index in [1.807, 2.05) is 12.1 Å². The SMILES string of the molecule is O=C(Nc1ccc(I)cc1Cl)c1ccc(=O)n(-c2ccccc2)n1. The summed E-state index contributed by atoms with van der Waals surface area (Å²) in [7, 11) is 0. The molecule has 0 spiro atoms. The number of nitrogens with zero attached hydrogens (tertiary/aromatic N) is 2. The number of para-hydroxylation sites is 1. The van der Waals surface area contributed by atoms with Crippen LogP contribution in [-0.2, 0) is 0 Å². The normalized spacial score (nSPS) is 10.4. The maximum atomic E-state index is 12.4. The Morgan fingerprint density at radius 3 is 2.54 bits per heavy atom. The number of benzene rings is 2. The van der Waals surface area contributed by atoms with Crippen LogP contribution in [0.4, 0.5) is 5.69 Å². The van der Waals surface area contributed by atoms with Crippen LogP contribution in [-0.4, -0.2) is 15.7 Å². The van der Waals surface area contributed by atoms with Crippen LogP contribution < -0.4 is 10.9 Å². The van der Waals surface area contributed by atoms with Gasteiger partial charge in [0, 0.05) is 9.64 Å². The fourth-order valence-electron chi connectivity index (χ4n) is 2.06. The molecule has 0 saturated heterocycles. The Kier molecular flexibility index (Phi) is 4.96. The van der Waals surface area contributed by atoms with E-state index in [0.717, 1.165) is 3.57 Å². The zero-order valence-electron chi connectivity index (χ0n) is 12.2. The summed E-state index contributed by atoms with van der Waals surface area (Å²) in [6.07, 6.45) is 0. The molecule has 7 heteroatoms. The molecule has 0 unspecified atom stereocenters. The number of nitrogens with one attached hydrogen (secondary N) is 1. The van der Waals surface area contributed by atoms with Crippen LogP contribution in [0.1, 0.15) is 10.5 Å². The molecule has 3 aromatic rings. The molecule has 0 aliphatic rings. The van der Waals surface area contributed by atoms with Gasteiger partial charge in [-0.05, 0) is 59.0 Å². The Hall–Kier alpha value is -2.19. The average Bonchev–Trinajstić information content (AvgIpc) is 2.58. The summed E-state index contributed by atoms with van der Waals surface area (Å²) in [4.78, 5) is 24.4. The Morgan fingerprint density at radius 1 is 1.08 bits per heavy atom. The van der Waals surface area contributed by atoms with Crippen LogP contribution in [0.3, 0.4) is 0 Å². The third kappa shape index (κ3) is 3.65. The molecule has 1 aromatic heterocycles. The standard InChI is InChI=1S/C17H11ClIN3O2/c18-13-10-11(19)6-7-14(13)20-17(24)15-8-9-16(23)22(21-15)12-4-2-1-3-5-12/h1-10H,(H,20,24). The fraction of sp³-hybridized carbons (Fsp3) is 0. The van der Waals surface area contributed by atoms with E-state index in [2.05, 4.69) is 33.0 Å². The molecule has 0 saturated carbocycles. The molecule has 1 heterocycles. The van der Waals surface area contributed by atoms with Crippen molar-refractivity contribution in [2.75, 3.05) is 5.32 Å². The topological polar surface area (TPSA) is 64.0 Å². The minimum absolute atomic E-state index is 0.119. The molecule has 0 radical (unpaired) electrons. The highest BCUT2D eigenvalue weighted by molar-refractivity contribution is 14.1. The number of anilines is 1. The van der Waals surface area contributed by atoms with Gasteiger partial charge in [-0.2, -0.15) is 9.78 Å². The summed E-state index contributed by atoms with van der Waals surface area (Å²) in [5.74, 6) is -0.442. The molecule has 1 amide bonds. The minimum atomic E-state index is -0.442. The van der Waals surface area contributed by atoms with Gasteiger partial charge < -0.3 is 5.32 Å². The number of carbonyl (C=O) groups excluding carboxylic acids is 1. The summed E-state index contributed by atoms with van der Waals surface area (Å²) < 4.78 is 2.15. The van der Waals surface area contributed by atoms with Crippen molar-refractivity contribution in [2.45, 2.75) is 0 Å². The summed E-state index contributed by atoms with van der Waals surface area (Å²) >= 11 is 8.25. The van der Waals surface area contributed by atoms with E-state index in [0.29, 0.717) is 16.4 Å². The fourth-order valence-corrected chi connectivity index (χ4v) is 2.97. The lowest BCUT2D eigenvalue weighted by atomic mass is 10.3. The highest BCUT2D eigenvalue weighted by Gasteiger charge is 2.12. The minimum Gasteiger partial charge on any atom is -0.319 e. The number of rotatable bonds is 3. The van der Waals surface area contributed by atoms with Crippen molar-refractivity contribution in [2.24, 2.45) is 0 Å². The quantitative estimate of drug-likeness (QED) is 0.617. The predicted molar refractivity (Wildman–Crippen MR) is 102 cm³/mol. The van der Waals surface area contributed by atoms with Gasteiger partial charge in [0.05, 0.1) is 16.4 Å². The second-order valence-electron chi connectivity index (χ2n) is 4.88. The third-order valence-electron chi connectivity index (χ3n) is 3.21. The second kappa shape index (κ2) is 7.14. The molecule has 0 bridgehead atoms. The highest BCUT2D eigenvalue weighted by atomic mass is 127. The van der Waals surface area contributed by atoms with Gasteiger partial charge in [0.15, 0.2) is 0 Å². The Morgan fingerprint density at radius 2 is 1.83 bits per heavy atom. The first-order chi connectivity index (χ1) is 11.5. The van der Waals surface area contributed by atoms with Crippen LogP contribution in [0.15, 0.2) is 65.5 Å². The average molecular weight is 452 g/mol. The maximum absolute atomic E-state index is 12.4. The highest BCUT2D eigenvalue weighted by Crippen LogP contribution is 2.24. The molecule has 0 atom stereocenters. The Labute approximate surface area is 156 Å². The van der Waals surface area contributed by atoms with E-state index in [4.69, 9.17) is 11.6 Å². The van der Waals surface area contributed by atoms with Gasteiger partial charge >= 0.3 is 0 Å². The van der Waals surface area contributed by atoms with Crippen molar-refractivity contribution >= 4 is 45.8 Å². The van der Waals surface area contributed by atoms with Crippen LogP contribution in [0.5, 0.6) is 0 Å². The van der Waals surface area contributed by atoms with E-state index in [9.17, 15) is 9.59 Å². The van der Waals surface area contributed by atoms with Crippen molar-refractivity contribution in [3.05, 3.63) is 85.3 Å². The molecule has 0 aliphatic carbocycles. The largest absolute Gasteiger partial charge is 0.319 e. The third-order valence-corrected chi connectivity index (χ3v) is 4.20. The number of hydrogen-bond donors (Lipinski definition) is 1. The van der Waals surface area contributed by atoms with Crippen LogP contribution >= 0.6 is 34.2 Å². The van der Waals surface area contributed by atoms with Gasteiger partial charge in [0.2, 0.25) is 0 Å². The van der Waals surface area contributed by atoms with Crippen molar-refractivity contribution in [3.63, 3.8) is 0 Å². The van der Waals surface area contributed by atoms with Gasteiger partial charge in [0.25, 0.3) is 11.5 Å². The second-order valence-corrected chi connectivity index (χ2v) is 6.54. The van der Waals surface area contributed by atoms with Crippen molar-refractivity contribution in [1.29, 1.82) is 0 Å². The van der Waals surface area contributed by atoms with Crippen molar-refractivity contribution in [3.8, 4) is 5.69 Å². The lowest BCUT2D eigenvalue weighted by Crippen LogP contribution is -2.24. The molecule has 0 aliphatic heterocycles. The van der Waals surface area contributed by atoms with Crippen molar-refractivity contribution < 1.29 is 4.79 Å². The maximum Gasteiger partial charge on any atom is 0.276 e. The van der Waals surface area contributed by atoms with E-state index in [1.54, 1.807) is 36.4 Å². The molecule has 3 rings (SSSR count). The molecule has 2 aromatic carbocycles. The van der Waals surface area contributed by atoms with E-state index in [1.165, 1.54) is 16.8 Å². The van der Waals surface area contributed by atoms with Gasteiger partial charge in [-0.15, -0.1) is 0 Å². The Bertz CT molecular complexity index is 958. The van der Waals surface area contributed by atoms with Gasteiger partial charge in [-0.25, -0.2) is 0 Å². The summed E-state index contributed by atoms with van der Waals surface area (Å²) in [5.41, 5.74) is 0.879. The number of carbonyl (C=O) groups is 1. The van der Waals surface area contributed by atoms with Crippen molar-refractivity contribution in [1.82, 2.24) is 9.78 Å². The van der Waals surface area contributed by atoms with Gasteiger partial charge in [-0.3, -0.25) is 9.59 Å². The van der Waals surface area contributed by atoms with E-state index >= 15 is 0 Å². The first-order valence-corrected chi connectivity index (χ1v) is 8.42. The number of amides is 1. The smallest absolute Gasteiger partial charge is 0.276 e. The van der Waals surface area contributed by atoms with Crippen LogP contribution in [0.2, 0.25) is 5.02 Å². The first-order valence-electron chi connectivity index (χ1n) is 6.97. The van der Waals surface area contributed by atoms with Gasteiger partial charge in [-0.1, -0.05) is 29.8 Å². The molecule has 0 fully saturated rings. The van der Waals surface area contributed by atoms with Crippen LogP contribution in [0, 0.1) is 3.57 Å². The lowest BCUT2D eigenvalue weighted by Gasteiger charge is -2.09. The van der Waals surface area contributed by atoms with E-state index in [-0.39, 0.29) is 11.3 Å². The molecule has 1 N–H and O–H groups in total. The summed E-state index contributed by atoms with van der Waals surface area (Å²) in [5, 5.41) is 7.27. The number of aromatic nitrogens is 2. The zero-order chi connectivity index (χ0) is 17.1. The zero-order valence-corrected chi connectivity index (χ0v) is 15.2. The van der Waals surface area contributed by atoms with E-state index < -0.39 is 5.91 Å².